The van der Waals surface area contributed by atoms with Crippen LogP contribution in [0.2, 0.25) is 0 Å². The molecule has 0 radical (unpaired) electrons. The predicted octanol–water partition coefficient (Wildman–Crippen LogP) is 2.87. The number of nitrogens with one attached hydrogen (secondary N) is 2. The summed E-state index contributed by atoms with van der Waals surface area (Å²) < 4.78 is 5.94. The van der Waals surface area contributed by atoms with Crippen molar-refractivity contribution >= 4 is 5.96 Å². The van der Waals surface area contributed by atoms with Gasteiger partial charge in [0.25, 0.3) is 0 Å². The molecule has 6 heteroatoms. The van der Waals surface area contributed by atoms with Crippen molar-refractivity contribution in [2.24, 2.45) is 10.4 Å². The molecule has 0 saturated carbocycles. The van der Waals surface area contributed by atoms with E-state index in [4.69, 9.17) is 9.73 Å². The van der Waals surface area contributed by atoms with Crippen LogP contribution in [0.1, 0.15) is 45.6 Å². The van der Waals surface area contributed by atoms with Gasteiger partial charge in [0, 0.05) is 31.8 Å². The van der Waals surface area contributed by atoms with Crippen molar-refractivity contribution in [1.82, 2.24) is 15.5 Å². The van der Waals surface area contributed by atoms with Crippen molar-refractivity contribution < 1.29 is 9.84 Å². The zero-order valence-electron chi connectivity index (χ0n) is 18.4. The van der Waals surface area contributed by atoms with Gasteiger partial charge in [-0.05, 0) is 51.8 Å². The van der Waals surface area contributed by atoms with Gasteiger partial charge in [0.2, 0.25) is 0 Å². The van der Waals surface area contributed by atoms with Gasteiger partial charge in [0.1, 0.15) is 12.4 Å². The van der Waals surface area contributed by atoms with E-state index in [9.17, 15) is 5.11 Å². The van der Waals surface area contributed by atoms with Crippen LogP contribution >= 0.6 is 0 Å². The first-order valence-electron chi connectivity index (χ1n) is 10.5. The first-order chi connectivity index (χ1) is 13.5. The van der Waals surface area contributed by atoms with E-state index in [2.05, 4.69) is 42.4 Å². The molecule has 160 valence electrons. The molecule has 0 atom stereocenters. The summed E-state index contributed by atoms with van der Waals surface area (Å²) >= 11 is 0. The molecule has 0 aliphatic rings. The molecule has 3 N–H and O–H groups in total. The Hall–Kier alpha value is -1.79. The number of rotatable bonds is 13. The Bertz CT molecular complexity index is 571. The molecule has 1 aromatic carbocycles. The summed E-state index contributed by atoms with van der Waals surface area (Å²) in [5.74, 6) is 1.69. The summed E-state index contributed by atoms with van der Waals surface area (Å²) in [6.45, 7) is 10.3. The van der Waals surface area contributed by atoms with Crippen LogP contribution in [0.5, 0.6) is 5.75 Å². The normalized spacial score (nSPS) is 12.3. The molecule has 0 bridgehead atoms. The van der Waals surface area contributed by atoms with E-state index in [1.807, 2.05) is 32.3 Å². The molecule has 0 saturated heterocycles. The van der Waals surface area contributed by atoms with E-state index in [1.165, 1.54) is 0 Å². The maximum Gasteiger partial charge on any atom is 0.191 e. The highest BCUT2D eigenvalue weighted by Gasteiger charge is 2.25. The number of ether oxygens (including phenoxy) is 1. The van der Waals surface area contributed by atoms with Gasteiger partial charge >= 0.3 is 0 Å². The highest BCUT2D eigenvalue weighted by Crippen LogP contribution is 2.29. The van der Waals surface area contributed by atoms with E-state index >= 15 is 0 Å². The molecule has 0 spiro atoms. The number of likely N-dealkylation sites (N-methyl/N-ethyl adjacent to an activating group) is 1. The maximum atomic E-state index is 9.43. The van der Waals surface area contributed by atoms with Crippen LogP contribution in [0.25, 0.3) is 0 Å². The summed E-state index contributed by atoms with van der Waals surface area (Å²) in [7, 11) is 4.08. The van der Waals surface area contributed by atoms with Crippen molar-refractivity contribution in [2.45, 2.75) is 46.6 Å². The van der Waals surface area contributed by atoms with Gasteiger partial charge in [-0.1, -0.05) is 32.0 Å². The molecule has 0 fully saturated rings. The standard InChI is InChI=1S/C22H40N4O2/c1-6-22(7-2,13-15-27)18-25-21(23-8-3)24-17-19-11-9-10-12-20(19)28-16-14-26(4)5/h9-12,27H,6-8,13-18H2,1-5H3,(H2,23,24,25). The molecule has 1 rings (SSSR count). The second kappa shape index (κ2) is 13.4. The summed E-state index contributed by atoms with van der Waals surface area (Å²) in [4.78, 5) is 6.87. The number of para-hydroxylation sites is 1. The van der Waals surface area contributed by atoms with E-state index in [0.29, 0.717) is 13.2 Å². The number of aliphatic hydroxyl groups is 1. The highest BCUT2D eigenvalue weighted by atomic mass is 16.5. The monoisotopic (exact) mass is 392 g/mol. The lowest BCUT2D eigenvalue weighted by Gasteiger charge is -2.32. The maximum absolute atomic E-state index is 9.43. The Morgan fingerprint density at radius 2 is 1.86 bits per heavy atom. The number of guanidine groups is 1. The molecule has 6 nitrogen and oxygen atoms in total. The van der Waals surface area contributed by atoms with Crippen LogP contribution in [0.15, 0.2) is 29.3 Å². The Kier molecular flexibility index (Phi) is 11.6. The van der Waals surface area contributed by atoms with Crippen molar-refractivity contribution in [3.05, 3.63) is 29.8 Å². The molecular weight excluding hydrogens is 352 g/mol. The minimum atomic E-state index is 0.0954. The molecule has 28 heavy (non-hydrogen) atoms. The molecule has 0 aliphatic carbocycles. The van der Waals surface area contributed by atoms with Gasteiger partial charge in [0.15, 0.2) is 5.96 Å². The number of nitrogens with zero attached hydrogens (tertiary/aromatic N) is 2. The highest BCUT2D eigenvalue weighted by molar-refractivity contribution is 5.79. The number of benzene rings is 1. The Labute approximate surface area is 171 Å². The predicted molar refractivity (Wildman–Crippen MR) is 118 cm³/mol. The van der Waals surface area contributed by atoms with E-state index in [0.717, 1.165) is 56.2 Å². The Morgan fingerprint density at radius 1 is 1.14 bits per heavy atom. The van der Waals surface area contributed by atoms with Crippen LogP contribution in [0, 0.1) is 5.41 Å². The summed E-state index contributed by atoms with van der Waals surface area (Å²) in [5, 5.41) is 16.2. The third-order valence-corrected chi connectivity index (χ3v) is 5.29. The Morgan fingerprint density at radius 3 is 2.46 bits per heavy atom. The first-order valence-corrected chi connectivity index (χ1v) is 10.5. The van der Waals surface area contributed by atoms with Gasteiger partial charge in [-0.15, -0.1) is 0 Å². The molecule has 0 unspecified atom stereocenters. The molecule has 0 aliphatic heterocycles. The largest absolute Gasteiger partial charge is 0.492 e. The fraction of sp³-hybridized carbons (Fsp3) is 0.682. The van der Waals surface area contributed by atoms with Crippen molar-refractivity contribution in [1.29, 1.82) is 0 Å². The third kappa shape index (κ3) is 8.48. The van der Waals surface area contributed by atoms with Crippen LogP contribution in [0.4, 0.5) is 0 Å². The molecule has 0 aromatic heterocycles. The molecule has 0 amide bonds. The first kappa shape index (κ1) is 24.2. The Balaban J connectivity index is 2.79. The molecular formula is C22H40N4O2. The topological polar surface area (TPSA) is 69.1 Å². The van der Waals surface area contributed by atoms with E-state index in [1.54, 1.807) is 0 Å². The number of hydrogen-bond donors (Lipinski definition) is 3. The van der Waals surface area contributed by atoms with Crippen LogP contribution < -0.4 is 15.4 Å². The van der Waals surface area contributed by atoms with Crippen molar-refractivity contribution in [3.63, 3.8) is 0 Å². The second-order valence-corrected chi connectivity index (χ2v) is 7.49. The van der Waals surface area contributed by atoms with Gasteiger partial charge in [0.05, 0.1) is 6.54 Å². The van der Waals surface area contributed by atoms with Crippen molar-refractivity contribution in [2.75, 3.05) is 46.9 Å². The van der Waals surface area contributed by atoms with Crippen LogP contribution in [-0.4, -0.2) is 62.9 Å². The number of hydrogen-bond acceptors (Lipinski definition) is 4. The molecule has 1 aromatic rings. The van der Waals surface area contributed by atoms with Crippen LogP contribution in [-0.2, 0) is 6.54 Å². The van der Waals surface area contributed by atoms with Crippen LogP contribution in [0.3, 0.4) is 0 Å². The van der Waals surface area contributed by atoms with E-state index in [-0.39, 0.29) is 12.0 Å². The minimum Gasteiger partial charge on any atom is -0.492 e. The number of aliphatic imine (C=N–C) groups is 1. The lowest BCUT2D eigenvalue weighted by Crippen LogP contribution is -2.43. The molecule has 0 heterocycles. The summed E-state index contributed by atoms with van der Waals surface area (Å²) in [5.41, 5.74) is 1.17. The van der Waals surface area contributed by atoms with Crippen molar-refractivity contribution in [3.8, 4) is 5.75 Å². The zero-order chi connectivity index (χ0) is 20.8. The van der Waals surface area contributed by atoms with Gasteiger partial charge in [-0.3, -0.25) is 0 Å². The smallest absolute Gasteiger partial charge is 0.191 e. The SMILES string of the molecule is CCNC(=NCc1ccccc1OCCN(C)C)NCC(CC)(CC)CCO. The summed E-state index contributed by atoms with van der Waals surface area (Å²) in [6.07, 6.45) is 2.85. The average molecular weight is 393 g/mol. The number of aliphatic hydroxyl groups excluding tert-OH is 1. The van der Waals surface area contributed by atoms with Gasteiger partial charge < -0.3 is 25.4 Å². The van der Waals surface area contributed by atoms with Gasteiger partial charge in [-0.25, -0.2) is 4.99 Å². The fourth-order valence-corrected chi connectivity index (χ4v) is 3.07. The fourth-order valence-electron chi connectivity index (χ4n) is 3.07. The zero-order valence-corrected chi connectivity index (χ0v) is 18.4. The van der Waals surface area contributed by atoms with E-state index < -0.39 is 0 Å². The quantitative estimate of drug-likeness (QED) is 0.356. The average Bonchev–Trinajstić information content (AvgIpc) is 2.69. The third-order valence-electron chi connectivity index (χ3n) is 5.29. The second-order valence-electron chi connectivity index (χ2n) is 7.49. The lowest BCUT2D eigenvalue weighted by atomic mass is 9.79. The lowest BCUT2D eigenvalue weighted by molar-refractivity contribution is 0.169. The summed E-state index contributed by atoms with van der Waals surface area (Å²) in [6, 6.07) is 8.07. The van der Waals surface area contributed by atoms with Gasteiger partial charge in [-0.2, -0.15) is 0 Å². The minimum absolute atomic E-state index is 0.0954.